The number of benzene rings is 1. The van der Waals surface area contributed by atoms with E-state index in [1.807, 2.05) is 0 Å². The lowest BCUT2D eigenvalue weighted by Gasteiger charge is -2.37. The van der Waals surface area contributed by atoms with Crippen LogP contribution < -0.4 is 5.73 Å². The molecule has 0 aliphatic rings. The fourth-order valence-corrected chi connectivity index (χ4v) is 1.54. The van der Waals surface area contributed by atoms with Crippen molar-refractivity contribution in [1.29, 1.82) is 0 Å². The van der Waals surface area contributed by atoms with Gasteiger partial charge in [-0.2, -0.15) is 13.2 Å². The van der Waals surface area contributed by atoms with Crippen LogP contribution in [-0.2, 0) is 6.18 Å². The van der Waals surface area contributed by atoms with Crippen molar-refractivity contribution in [3.63, 3.8) is 0 Å². The Morgan fingerprint density at radius 2 is 1.60 bits per heavy atom. The second-order valence-corrected chi connectivity index (χ2v) is 5.87. The van der Waals surface area contributed by atoms with Crippen molar-refractivity contribution in [2.24, 2.45) is 11.1 Å². The van der Waals surface area contributed by atoms with Gasteiger partial charge < -0.3 is 5.73 Å². The number of ketones is 1. The number of rotatable bonds is 3. The molecule has 0 bridgehead atoms. The van der Waals surface area contributed by atoms with Crippen molar-refractivity contribution in [2.75, 3.05) is 0 Å². The Kier molecular flexibility index (Phi) is 4.02. The van der Waals surface area contributed by atoms with Gasteiger partial charge in [0.2, 0.25) is 0 Å². The second kappa shape index (κ2) is 4.84. The molecule has 0 aliphatic carbocycles. The Balaban J connectivity index is 3.25. The highest BCUT2D eigenvalue weighted by molar-refractivity contribution is 6.01. The summed E-state index contributed by atoms with van der Waals surface area (Å²) in [6.07, 6.45) is -4.78. The van der Waals surface area contributed by atoms with E-state index in [0.29, 0.717) is 12.1 Å². The van der Waals surface area contributed by atoms with Crippen LogP contribution in [0.2, 0.25) is 0 Å². The average Bonchev–Trinajstić information content (AvgIpc) is 2.24. The summed E-state index contributed by atoms with van der Waals surface area (Å²) in [6.45, 7) is 6.41. The minimum absolute atomic E-state index is 0.126. The smallest absolute Gasteiger partial charge is 0.325 e. The van der Waals surface area contributed by atoms with Gasteiger partial charge in [-0.3, -0.25) is 4.79 Å². The van der Waals surface area contributed by atoms with Gasteiger partial charge in [0.1, 0.15) is 5.82 Å². The van der Waals surface area contributed by atoms with Gasteiger partial charge in [-0.05, 0) is 26.0 Å². The van der Waals surface area contributed by atoms with Gasteiger partial charge in [0.25, 0.3) is 0 Å². The van der Waals surface area contributed by atoms with Crippen LogP contribution in [0.1, 0.15) is 43.6 Å². The first-order valence-electron chi connectivity index (χ1n) is 5.99. The Hall–Kier alpha value is -1.43. The molecule has 0 spiro atoms. The molecule has 0 atom stereocenters. The Labute approximate surface area is 115 Å². The van der Waals surface area contributed by atoms with Crippen molar-refractivity contribution in [2.45, 2.75) is 39.4 Å². The standard InChI is InChI=1S/C14H17F4NO/c1-12(2,13(3,4)19)11(20)8-5-6-9(10(15)7-8)14(16,17)18/h5-7H,19H2,1-4H3. The molecule has 0 heterocycles. The van der Waals surface area contributed by atoms with Gasteiger partial charge in [-0.25, -0.2) is 4.39 Å². The topological polar surface area (TPSA) is 43.1 Å². The third-order valence-electron chi connectivity index (χ3n) is 3.72. The van der Waals surface area contributed by atoms with Crippen LogP contribution in [0.3, 0.4) is 0 Å². The van der Waals surface area contributed by atoms with Gasteiger partial charge in [0, 0.05) is 16.5 Å². The molecule has 0 unspecified atom stereocenters. The van der Waals surface area contributed by atoms with E-state index < -0.39 is 34.3 Å². The number of alkyl halides is 3. The van der Waals surface area contributed by atoms with Crippen LogP contribution in [0.5, 0.6) is 0 Å². The molecule has 2 N–H and O–H groups in total. The summed E-state index contributed by atoms with van der Waals surface area (Å²) >= 11 is 0. The summed E-state index contributed by atoms with van der Waals surface area (Å²) in [5, 5.41) is 0. The van der Waals surface area contributed by atoms with Gasteiger partial charge in [-0.1, -0.05) is 19.9 Å². The Morgan fingerprint density at radius 3 is 1.95 bits per heavy atom. The first kappa shape index (κ1) is 16.6. The third-order valence-corrected chi connectivity index (χ3v) is 3.72. The van der Waals surface area contributed by atoms with E-state index in [1.165, 1.54) is 0 Å². The molecule has 0 radical (unpaired) electrons. The molecule has 2 nitrogen and oxygen atoms in total. The lowest BCUT2D eigenvalue weighted by molar-refractivity contribution is -0.140. The van der Waals surface area contributed by atoms with Crippen LogP contribution in [0.25, 0.3) is 0 Å². The number of carbonyl (C=O) groups is 1. The normalized spacial score (nSPS) is 13.4. The fraction of sp³-hybridized carbons (Fsp3) is 0.500. The number of hydrogen-bond acceptors (Lipinski definition) is 2. The zero-order valence-corrected chi connectivity index (χ0v) is 11.7. The predicted octanol–water partition coefficient (Wildman–Crippen LogP) is 3.79. The van der Waals surface area contributed by atoms with E-state index >= 15 is 0 Å². The second-order valence-electron chi connectivity index (χ2n) is 5.87. The van der Waals surface area contributed by atoms with Crippen LogP contribution in [-0.4, -0.2) is 11.3 Å². The minimum Gasteiger partial charge on any atom is -0.325 e. The van der Waals surface area contributed by atoms with E-state index in [0.717, 1.165) is 6.07 Å². The molecular weight excluding hydrogens is 274 g/mol. The van der Waals surface area contributed by atoms with E-state index in [9.17, 15) is 22.4 Å². The number of halogens is 4. The van der Waals surface area contributed by atoms with E-state index in [4.69, 9.17) is 5.73 Å². The highest BCUT2D eigenvalue weighted by Crippen LogP contribution is 2.35. The maximum absolute atomic E-state index is 13.5. The lowest BCUT2D eigenvalue weighted by atomic mass is 9.70. The number of Topliss-reactive ketones (excluding diaryl/α,β-unsaturated/α-hetero) is 1. The predicted molar refractivity (Wildman–Crippen MR) is 67.8 cm³/mol. The lowest BCUT2D eigenvalue weighted by Crippen LogP contribution is -2.51. The van der Waals surface area contributed by atoms with Crippen molar-refractivity contribution in [3.8, 4) is 0 Å². The fourth-order valence-electron chi connectivity index (χ4n) is 1.54. The molecule has 6 heteroatoms. The summed E-state index contributed by atoms with van der Waals surface area (Å²) in [5.74, 6) is -1.97. The monoisotopic (exact) mass is 291 g/mol. The average molecular weight is 291 g/mol. The molecular formula is C14H17F4NO. The highest BCUT2D eigenvalue weighted by atomic mass is 19.4. The van der Waals surface area contributed by atoms with Crippen LogP contribution in [0, 0.1) is 11.2 Å². The molecule has 0 amide bonds. The number of carbonyl (C=O) groups excluding carboxylic acids is 1. The van der Waals surface area contributed by atoms with E-state index in [-0.39, 0.29) is 5.56 Å². The van der Waals surface area contributed by atoms with Crippen molar-refractivity contribution in [3.05, 3.63) is 35.1 Å². The summed E-state index contributed by atoms with van der Waals surface area (Å²) in [7, 11) is 0. The molecule has 0 saturated heterocycles. The van der Waals surface area contributed by atoms with Crippen molar-refractivity contribution >= 4 is 5.78 Å². The van der Waals surface area contributed by atoms with Gasteiger partial charge in [0.05, 0.1) is 5.56 Å². The minimum atomic E-state index is -4.78. The molecule has 1 aromatic rings. The molecule has 1 rings (SSSR count). The first-order chi connectivity index (χ1) is 8.78. The summed E-state index contributed by atoms with van der Waals surface area (Å²) < 4.78 is 50.9. The van der Waals surface area contributed by atoms with Crippen molar-refractivity contribution in [1.82, 2.24) is 0 Å². The Morgan fingerprint density at radius 1 is 1.10 bits per heavy atom. The van der Waals surface area contributed by atoms with E-state index in [1.54, 1.807) is 27.7 Å². The van der Waals surface area contributed by atoms with Gasteiger partial charge >= 0.3 is 6.18 Å². The first-order valence-corrected chi connectivity index (χ1v) is 5.99. The zero-order chi connectivity index (χ0) is 15.9. The van der Waals surface area contributed by atoms with Crippen LogP contribution in [0.15, 0.2) is 18.2 Å². The molecule has 0 saturated carbocycles. The largest absolute Gasteiger partial charge is 0.419 e. The van der Waals surface area contributed by atoms with Gasteiger partial charge in [0.15, 0.2) is 5.78 Å². The SMILES string of the molecule is CC(C)(N)C(C)(C)C(=O)c1ccc(C(F)(F)F)c(F)c1. The third kappa shape index (κ3) is 3.00. The molecule has 0 fully saturated rings. The maximum Gasteiger partial charge on any atom is 0.419 e. The van der Waals surface area contributed by atoms with Crippen LogP contribution >= 0.6 is 0 Å². The summed E-state index contributed by atoms with van der Waals surface area (Å²) in [6, 6.07) is 2.16. The highest BCUT2D eigenvalue weighted by Gasteiger charge is 2.41. The summed E-state index contributed by atoms with van der Waals surface area (Å²) in [4.78, 5) is 12.3. The molecule has 1 aromatic carbocycles. The molecule has 0 aliphatic heterocycles. The maximum atomic E-state index is 13.5. The van der Waals surface area contributed by atoms with Crippen molar-refractivity contribution < 1.29 is 22.4 Å². The zero-order valence-electron chi connectivity index (χ0n) is 11.7. The number of nitrogens with two attached hydrogens (primary N) is 1. The molecule has 112 valence electrons. The molecule has 0 aromatic heterocycles. The van der Waals surface area contributed by atoms with E-state index in [2.05, 4.69) is 0 Å². The number of hydrogen-bond donors (Lipinski definition) is 1. The summed E-state index contributed by atoms with van der Waals surface area (Å²) in [5.41, 5.74) is 2.44. The Bertz CT molecular complexity index is 527. The molecule has 20 heavy (non-hydrogen) atoms. The van der Waals surface area contributed by atoms with Gasteiger partial charge in [-0.15, -0.1) is 0 Å². The quantitative estimate of drug-likeness (QED) is 0.680. The van der Waals surface area contributed by atoms with Crippen LogP contribution in [0.4, 0.5) is 17.6 Å².